The number of nitrogens with zero attached hydrogens (tertiary/aromatic N) is 1. The normalized spacial score (nSPS) is 29.7. The van der Waals surface area contributed by atoms with Crippen molar-refractivity contribution in [3.8, 4) is 0 Å². The van der Waals surface area contributed by atoms with E-state index in [1.165, 1.54) is 10.5 Å². The van der Waals surface area contributed by atoms with E-state index in [0.29, 0.717) is 12.0 Å². The quantitative estimate of drug-likeness (QED) is 0.866. The van der Waals surface area contributed by atoms with Crippen LogP contribution in [-0.4, -0.2) is 35.8 Å². The van der Waals surface area contributed by atoms with E-state index in [0.717, 1.165) is 17.9 Å². The van der Waals surface area contributed by atoms with Crippen LogP contribution in [0.2, 0.25) is 5.02 Å². The Morgan fingerprint density at radius 1 is 1.20 bits per heavy atom. The summed E-state index contributed by atoms with van der Waals surface area (Å²) in [5.41, 5.74) is 1.29. The molecule has 1 atom stereocenters. The molecule has 1 aliphatic heterocycles. The number of benzene rings is 1. The summed E-state index contributed by atoms with van der Waals surface area (Å²) in [7, 11) is 1.55. The fraction of sp³-hybridized carbons (Fsp3) is 0.467. The van der Waals surface area contributed by atoms with Gasteiger partial charge in [0.25, 0.3) is 0 Å². The van der Waals surface area contributed by atoms with Gasteiger partial charge >= 0.3 is 0 Å². The second-order valence-corrected chi connectivity index (χ2v) is 6.07. The Balaban J connectivity index is 1.53. The summed E-state index contributed by atoms with van der Waals surface area (Å²) in [4.78, 5) is 24.5. The zero-order valence-electron chi connectivity index (χ0n) is 11.3. The van der Waals surface area contributed by atoms with Crippen molar-refractivity contribution in [2.75, 3.05) is 7.05 Å². The highest BCUT2D eigenvalue weighted by molar-refractivity contribution is 6.30. The van der Waals surface area contributed by atoms with Crippen molar-refractivity contribution in [1.29, 1.82) is 0 Å². The molecule has 0 bridgehead atoms. The lowest BCUT2D eigenvalue weighted by molar-refractivity contribution is -0.137. The van der Waals surface area contributed by atoms with Crippen LogP contribution < -0.4 is 5.32 Å². The third-order valence-electron chi connectivity index (χ3n) is 4.30. The molecule has 0 radical (unpaired) electrons. The number of imide groups is 1. The molecule has 5 heteroatoms. The highest BCUT2D eigenvalue weighted by Crippen LogP contribution is 2.37. The molecule has 20 heavy (non-hydrogen) atoms. The van der Waals surface area contributed by atoms with Gasteiger partial charge in [-0.1, -0.05) is 23.7 Å². The molecule has 1 aliphatic carbocycles. The first-order valence-corrected chi connectivity index (χ1v) is 7.24. The van der Waals surface area contributed by atoms with Crippen LogP contribution in [0, 0.1) is 0 Å². The molecule has 4 nitrogen and oxygen atoms in total. The lowest BCUT2D eigenvalue weighted by Crippen LogP contribution is -2.48. The largest absolute Gasteiger partial charge is 0.303 e. The lowest BCUT2D eigenvalue weighted by atomic mass is 9.75. The monoisotopic (exact) mass is 292 g/mol. The molecule has 1 saturated heterocycles. The van der Waals surface area contributed by atoms with Gasteiger partial charge < -0.3 is 5.32 Å². The first-order valence-electron chi connectivity index (χ1n) is 6.86. The number of halogens is 1. The smallest absolute Gasteiger partial charge is 0.246 e. The molecule has 106 valence electrons. The fourth-order valence-electron chi connectivity index (χ4n) is 2.93. The van der Waals surface area contributed by atoms with Gasteiger partial charge in [0, 0.05) is 18.1 Å². The number of hydrogen-bond acceptors (Lipinski definition) is 3. The molecule has 2 aliphatic rings. The van der Waals surface area contributed by atoms with E-state index in [1.807, 2.05) is 12.1 Å². The molecule has 1 unspecified atom stereocenters. The predicted molar refractivity (Wildman–Crippen MR) is 76.5 cm³/mol. The summed E-state index contributed by atoms with van der Waals surface area (Å²) < 4.78 is 0. The average Bonchev–Trinajstić information content (AvgIpc) is 2.62. The van der Waals surface area contributed by atoms with E-state index in [-0.39, 0.29) is 24.3 Å². The van der Waals surface area contributed by atoms with Crippen LogP contribution in [-0.2, 0) is 9.59 Å². The molecule has 1 heterocycles. The van der Waals surface area contributed by atoms with Crippen LogP contribution in [0.4, 0.5) is 0 Å². The lowest BCUT2D eigenvalue weighted by Gasteiger charge is -2.37. The van der Waals surface area contributed by atoms with Crippen molar-refractivity contribution in [1.82, 2.24) is 10.2 Å². The average molecular weight is 293 g/mol. The van der Waals surface area contributed by atoms with E-state index in [4.69, 9.17) is 11.6 Å². The first-order chi connectivity index (χ1) is 9.54. The maximum atomic E-state index is 11.8. The van der Waals surface area contributed by atoms with Crippen LogP contribution in [0.25, 0.3) is 0 Å². The minimum absolute atomic E-state index is 0.0962. The first kappa shape index (κ1) is 13.6. The second kappa shape index (κ2) is 5.19. The zero-order chi connectivity index (χ0) is 14.3. The van der Waals surface area contributed by atoms with E-state index in [2.05, 4.69) is 17.4 Å². The van der Waals surface area contributed by atoms with Crippen molar-refractivity contribution in [3.63, 3.8) is 0 Å². The highest BCUT2D eigenvalue weighted by atomic mass is 35.5. The summed E-state index contributed by atoms with van der Waals surface area (Å²) in [6.07, 6.45) is 2.30. The van der Waals surface area contributed by atoms with Crippen LogP contribution in [0.5, 0.6) is 0 Å². The molecule has 1 saturated carbocycles. The predicted octanol–water partition coefficient (Wildman–Crippen LogP) is 1.93. The second-order valence-electron chi connectivity index (χ2n) is 5.63. The third-order valence-corrected chi connectivity index (χ3v) is 4.55. The van der Waals surface area contributed by atoms with Gasteiger partial charge in [-0.25, -0.2) is 0 Å². The van der Waals surface area contributed by atoms with E-state index < -0.39 is 0 Å². The maximum Gasteiger partial charge on any atom is 0.246 e. The molecule has 2 fully saturated rings. The number of amides is 2. The van der Waals surface area contributed by atoms with E-state index >= 15 is 0 Å². The number of carbonyl (C=O) groups excluding carboxylic acids is 2. The number of likely N-dealkylation sites (tertiary alicyclic amines) is 1. The Hall–Kier alpha value is -1.39. The topological polar surface area (TPSA) is 49.4 Å². The minimum atomic E-state index is -0.330. The minimum Gasteiger partial charge on any atom is -0.303 e. The van der Waals surface area contributed by atoms with Gasteiger partial charge in [-0.15, -0.1) is 0 Å². The Labute approximate surface area is 123 Å². The standard InChI is InChI=1S/C15H17ClN2O2/c1-18-14(19)8-13(15(18)20)17-12-6-10(7-12)9-2-4-11(16)5-3-9/h2-5,10,12-13,17H,6-8H2,1H3. The Kier molecular flexibility index (Phi) is 3.52. The Morgan fingerprint density at radius 3 is 2.40 bits per heavy atom. The Bertz CT molecular complexity index is 537. The molecular weight excluding hydrogens is 276 g/mol. The third kappa shape index (κ3) is 2.45. The highest BCUT2D eigenvalue weighted by Gasteiger charge is 2.40. The van der Waals surface area contributed by atoms with Crippen molar-refractivity contribution in [3.05, 3.63) is 34.9 Å². The number of nitrogens with one attached hydrogen (secondary N) is 1. The molecular formula is C15H17ClN2O2. The Morgan fingerprint density at radius 2 is 1.85 bits per heavy atom. The van der Waals surface area contributed by atoms with Crippen molar-refractivity contribution in [2.24, 2.45) is 0 Å². The number of rotatable bonds is 3. The number of hydrogen-bond donors (Lipinski definition) is 1. The van der Waals surface area contributed by atoms with Gasteiger partial charge in [-0.05, 0) is 36.5 Å². The molecule has 3 rings (SSSR count). The van der Waals surface area contributed by atoms with Crippen LogP contribution >= 0.6 is 11.6 Å². The molecule has 1 aromatic carbocycles. The van der Waals surface area contributed by atoms with Gasteiger partial charge in [0.1, 0.15) is 0 Å². The molecule has 0 aromatic heterocycles. The summed E-state index contributed by atoms with van der Waals surface area (Å²) >= 11 is 5.88. The van der Waals surface area contributed by atoms with Crippen LogP contribution in [0.1, 0.15) is 30.7 Å². The van der Waals surface area contributed by atoms with Crippen LogP contribution in [0.3, 0.4) is 0 Å². The zero-order valence-corrected chi connectivity index (χ0v) is 12.1. The summed E-state index contributed by atoms with van der Waals surface area (Å²) in [6.45, 7) is 0. The summed E-state index contributed by atoms with van der Waals surface area (Å²) in [5.74, 6) is 0.320. The molecule has 2 amide bonds. The van der Waals surface area contributed by atoms with E-state index in [9.17, 15) is 9.59 Å². The molecule has 1 aromatic rings. The van der Waals surface area contributed by atoms with Crippen molar-refractivity contribution in [2.45, 2.75) is 37.3 Å². The SMILES string of the molecule is CN1C(=O)CC(NC2CC(c3ccc(Cl)cc3)C2)C1=O. The number of likely N-dealkylation sites (N-methyl/N-ethyl adjacent to an activating group) is 1. The summed E-state index contributed by atoms with van der Waals surface area (Å²) in [6, 6.07) is 7.92. The molecule has 1 N–H and O–H groups in total. The van der Waals surface area contributed by atoms with Crippen LogP contribution in [0.15, 0.2) is 24.3 Å². The van der Waals surface area contributed by atoms with Gasteiger partial charge in [-0.3, -0.25) is 14.5 Å². The molecule has 0 spiro atoms. The maximum absolute atomic E-state index is 11.8. The van der Waals surface area contributed by atoms with Gasteiger partial charge in [0.15, 0.2) is 0 Å². The van der Waals surface area contributed by atoms with Crippen molar-refractivity contribution >= 4 is 23.4 Å². The van der Waals surface area contributed by atoms with Gasteiger partial charge in [0.2, 0.25) is 11.8 Å². The summed E-state index contributed by atoms with van der Waals surface area (Å²) in [5, 5.41) is 4.05. The number of carbonyl (C=O) groups is 2. The van der Waals surface area contributed by atoms with Gasteiger partial charge in [0.05, 0.1) is 12.5 Å². The van der Waals surface area contributed by atoms with Gasteiger partial charge in [-0.2, -0.15) is 0 Å². The van der Waals surface area contributed by atoms with Crippen molar-refractivity contribution < 1.29 is 9.59 Å². The fourth-order valence-corrected chi connectivity index (χ4v) is 3.06. The van der Waals surface area contributed by atoms with E-state index in [1.54, 1.807) is 7.05 Å².